The van der Waals surface area contributed by atoms with Crippen LogP contribution in [-0.4, -0.2) is 27.0 Å². The van der Waals surface area contributed by atoms with Gasteiger partial charge in [0, 0.05) is 40.4 Å². The molecule has 4 aromatic rings. The standard InChI is InChI=1S/C19H13Cl2N5/c1-22-18-14-4-2-11(13-5-3-12(20)9-15(13)21)8-16(14)25-19(26-18)17-10-23-6-7-24-17/h2-10H,1H3,(H,22,25,26). The van der Waals surface area contributed by atoms with E-state index in [1.165, 1.54) is 0 Å². The smallest absolute Gasteiger partial charge is 0.182 e. The minimum Gasteiger partial charge on any atom is -0.373 e. The molecule has 2 aromatic heterocycles. The van der Waals surface area contributed by atoms with Gasteiger partial charge >= 0.3 is 0 Å². The van der Waals surface area contributed by atoms with Crippen LogP contribution < -0.4 is 5.32 Å². The minimum absolute atomic E-state index is 0.509. The Hall–Kier alpha value is -2.76. The third-order valence-electron chi connectivity index (χ3n) is 3.97. The van der Waals surface area contributed by atoms with Crippen LogP contribution in [0.4, 0.5) is 5.82 Å². The van der Waals surface area contributed by atoms with E-state index in [0.29, 0.717) is 21.6 Å². The molecule has 0 amide bonds. The first-order chi connectivity index (χ1) is 12.7. The van der Waals surface area contributed by atoms with E-state index < -0.39 is 0 Å². The highest BCUT2D eigenvalue weighted by Crippen LogP contribution is 2.33. The molecular weight excluding hydrogens is 369 g/mol. The van der Waals surface area contributed by atoms with Gasteiger partial charge in [-0.2, -0.15) is 0 Å². The number of nitrogens with one attached hydrogen (secondary N) is 1. The van der Waals surface area contributed by atoms with Crippen molar-refractivity contribution in [1.82, 2.24) is 19.9 Å². The van der Waals surface area contributed by atoms with Gasteiger partial charge in [-0.25, -0.2) is 15.0 Å². The van der Waals surface area contributed by atoms with Gasteiger partial charge in [-0.15, -0.1) is 0 Å². The fourth-order valence-corrected chi connectivity index (χ4v) is 3.26. The normalized spacial score (nSPS) is 10.9. The molecule has 1 N–H and O–H groups in total. The Morgan fingerprint density at radius 1 is 0.962 bits per heavy atom. The molecule has 2 heterocycles. The van der Waals surface area contributed by atoms with E-state index in [2.05, 4.69) is 25.3 Å². The number of aromatic nitrogens is 4. The maximum Gasteiger partial charge on any atom is 0.182 e. The lowest BCUT2D eigenvalue weighted by Gasteiger charge is -2.10. The van der Waals surface area contributed by atoms with Crippen molar-refractivity contribution in [2.45, 2.75) is 0 Å². The first-order valence-electron chi connectivity index (χ1n) is 7.87. The van der Waals surface area contributed by atoms with Crippen LogP contribution in [-0.2, 0) is 0 Å². The third-order valence-corrected chi connectivity index (χ3v) is 4.52. The van der Waals surface area contributed by atoms with Crippen molar-refractivity contribution in [3.63, 3.8) is 0 Å². The van der Waals surface area contributed by atoms with Crippen LogP contribution >= 0.6 is 23.2 Å². The zero-order valence-corrected chi connectivity index (χ0v) is 15.3. The van der Waals surface area contributed by atoms with Crippen molar-refractivity contribution in [2.75, 3.05) is 12.4 Å². The lowest BCUT2D eigenvalue weighted by molar-refractivity contribution is 1.13. The van der Waals surface area contributed by atoms with E-state index in [1.54, 1.807) is 24.7 Å². The summed E-state index contributed by atoms with van der Waals surface area (Å²) in [5, 5.41) is 5.22. The molecule has 0 unspecified atom stereocenters. The van der Waals surface area contributed by atoms with E-state index in [-0.39, 0.29) is 0 Å². The highest BCUT2D eigenvalue weighted by atomic mass is 35.5. The third kappa shape index (κ3) is 3.07. The molecular formula is C19H13Cl2N5. The van der Waals surface area contributed by atoms with Gasteiger partial charge in [0.05, 0.1) is 11.7 Å². The molecule has 0 spiro atoms. The summed E-state index contributed by atoms with van der Waals surface area (Å²) in [6.07, 6.45) is 4.87. The Bertz CT molecular complexity index is 1100. The van der Waals surface area contributed by atoms with Crippen molar-refractivity contribution in [1.29, 1.82) is 0 Å². The number of fused-ring (bicyclic) bond motifs is 1. The first kappa shape index (κ1) is 16.7. The fourth-order valence-electron chi connectivity index (χ4n) is 2.74. The zero-order valence-electron chi connectivity index (χ0n) is 13.7. The zero-order chi connectivity index (χ0) is 18.1. The number of nitrogens with zero attached hydrogens (tertiary/aromatic N) is 4. The second-order valence-electron chi connectivity index (χ2n) is 5.59. The molecule has 2 aromatic carbocycles. The Balaban J connectivity index is 1.91. The van der Waals surface area contributed by atoms with E-state index >= 15 is 0 Å². The van der Waals surface area contributed by atoms with Gasteiger partial charge in [-0.1, -0.05) is 35.3 Å². The molecule has 128 valence electrons. The van der Waals surface area contributed by atoms with E-state index in [9.17, 15) is 0 Å². The van der Waals surface area contributed by atoms with Gasteiger partial charge in [0.25, 0.3) is 0 Å². The summed E-state index contributed by atoms with van der Waals surface area (Å²) in [4.78, 5) is 17.6. The molecule has 7 heteroatoms. The maximum atomic E-state index is 6.35. The SMILES string of the molecule is CNc1nc(-c2cnccn2)nc2cc(-c3ccc(Cl)cc3Cl)ccc12. The van der Waals surface area contributed by atoms with E-state index in [4.69, 9.17) is 23.2 Å². The van der Waals surface area contributed by atoms with Crippen molar-refractivity contribution < 1.29 is 0 Å². The van der Waals surface area contributed by atoms with E-state index in [0.717, 1.165) is 27.8 Å². The van der Waals surface area contributed by atoms with Gasteiger partial charge < -0.3 is 5.32 Å². The van der Waals surface area contributed by atoms with Crippen LogP contribution in [0.25, 0.3) is 33.5 Å². The molecule has 0 fully saturated rings. The molecule has 0 aliphatic heterocycles. The summed E-state index contributed by atoms with van der Waals surface area (Å²) < 4.78 is 0. The predicted octanol–water partition coefficient (Wildman–Crippen LogP) is 5.10. The number of halogens is 2. The monoisotopic (exact) mass is 381 g/mol. The summed E-state index contributed by atoms with van der Waals surface area (Å²) >= 11 is 12.4. The summed E-state index contributed by atoms with van der Waals surface area (Å²) in [5.74, 6) is 1.23. The minimum atomic E-state index is 0.509. The Morgan fingerprint density at radius 2 is 1.85 bits per heavy atom. The predicted molar refractivity (Wildman–Crippen MR) is 106 cm³/mol. The molecule has 5 nitrogen and oxygen atoms in total. The number of anilines is 1. The molecule has 0 saturated heterocycles. The fraction of sp³-hybridized carbons (Fsp3) is 0.0526. The molecule has 0 saturated carbocycles. The van der Waals surface area contributed by atoms with Gasteiger partial charge in [0.2, 0.25) is 0 Å². The molecule has 4 rings (SSSR count). The van der Waals surface area contributed by atoms with Crippen LogP contribution in [0.15, 0.2) is 55.0 Å². The van der Waals surface area contributed by atoms with Crippen molar-refractivity contribution in [3.05, 3.63) is 65.0 Å². The van der Waals surface area contributed by atoms with Crippen LogP contribution in [0.3, 0.4) is 0 Å². The highest BCUT2D eigenvalue weighted by molar-refractivity contribution is 6.36. The number of hydrogen-bond acceptors (Lipinski definition) is 5. The summed E-state index contributed by atoms with van der Waals surface area (Å²) in [6.45, 7) is 0. The molecule has 26 heavy (non-hydrogen) atoms. The maximum absolute atomic E-state index is 6.35. The second-order valence-corrected chi connectivity index (χ2v) is 6.44. The van der Waals surface area contributed by atoms with Crippen molar-refractivity contribution in [2.24, 2.45) is 0 Å². The summed E-state index contributed by atoms with van der Waals surface area (Å²) in [7, 11) is 1.83. The quantitative estimate of drug-likeness (QED) is 0.534. The average molecular weight is 382 g/mol. The Labute approximate surface area is 160 Å². The highest BCUT2D eigenvalue weighted by Gasteiger charge is 2.12. The van der Waals surface area contributed by atoms with Crippen LogP contribution in [0.2, 0.25) is 10.0 Å². The van der Waals surface area contributed by atoms with Crippen molar-refractivity contribution >= 4 is 39.9 Å². The van der Waals surface area contributed by atoms with Crippen LogP contribution in [0, 0.1) is 0 Å². The van der Waals surface area contributed by atoms with Crippen LogP contribution in [0.5, 0.6) is 0 Å². The molecule has 0 bridgehead atoms. The first-order valence-corrected chi connectivity index (χ1v) is 8.62. The number of benzene rings is 2. The topological polar surface area (TPSA) is 63.6 Å². The van der Waals surface area contributed by atoms with Gasteiger partial charge in [-0.05, 0) is 29.8 Å². The van der Waals surface area contributed by atoms with Gasteiger partial charge in [-0.3, -0.25) is 4.98 Å². The largest absolute Gasteiger partial charge is 0.373 e. The molecule has 0 atom stereocenters. The van der Waals surface area contributed by atoms with E-state index in [1.807, 2.05) is 37.4 Å². The summed E-state index contributed by atoms with van der Waals surface area (Å²) in [5.41, 5.74) is 3.24. The molecule has 0 radical (unpaired) electrons. The average Bonchev–Trinajstić information content (AvgIpc) is 2.67. The van der Waals surface area contributed by atoms with Crippen molar-refractivity contribution in [3.8, 4) is 22.6 Å². The lowest BCUT2D eigenvalue weighted by Crippen LogP contribution is -2.00. The Kier molecular flexibility index (Phi) is 4.41. The molecule has 0 aliphatic rings. The number of rotatable bonds is 3. The van der Waals surface area contributed by atoms with Crippen LogP contribution in [0.1, 0.15) is 0 Å². The lowest BCUT2D eigenvalue weighted by atomic mass is 10.0. The summed E-state index contributed by atoms with van der Waals surface area (Å²) in [6, 6.07) is 11.4. The molecule has 0 aliphatic carbocycles. The Morgan fingerprint density at radius 3 is 2.58 bits per heavy atom. The second kappa shape index (κ2) is 6.86. The van der Waals surface area contributed by atoms with Gasteiger partial charge in [0.15, 0.2) is 5.82 Å². The number of hydrogen-bond donors (Lipinski definition) is 1. The van der Waals surface area contributed by atoms with Gasteiger partial charge in [0.1, 0.15) is 11.5 Å².